The summed E-state index contributed by atoms with van der Waals surface area (Å²) < 4.78 is 20.5. The van der Waals surface area contributed by atoms with E-state index < -0.39 is 12.3 Å². The lowest BCUT2D eigenvalue weighted by Gasteiger charge is -2.15. The number of nitrogens with zero attached hydrogens (tertiary/aromatic N) is 3. The van der Waals surface area contributed by atoms with Crippen molar-refractivity contribution in [2.45, 2.75) is 39.3 Å². The second-order valence-electron chi connectivity index (χ2n) is 8.23. The van der Waals surface area contributed by atoms with Gasteiger partial charge in [-0.05, 0) is 54.8 Å². The highest BCUT2D eigenvalue weighted by Crippen LogP contribution is 2.22. The van der Waals surface area contributed by atoms with Crippen LogP contribution < -0.4 is 0 Å². The Morgan fingerprint density at radius 3 is 2.83 bits per heavy atom. The second kappa shape index (κ2) is 7.78. The van der Waals surface area contributed by atoms with Crippen LogP contribution in [0.15, 0.2) is 48.7 Å². The van der Waals surface area contributed by atoms with Crippen molar-refractivity contribution in [1.82, 2.24) is 19.9 Å². The van der Waals surface area contributed by atoms with Crippen molar-refractivity contribution >= 4 is 21.9 Å². The highest BCUT2D eigenvalue weighted by atomic mass is 19.1. The largest absolute Gasteiger partial charge is 0.366 e. The Kier molecular flexibility index (Phi) is 4.97. The normalized spacial score (nSPS) is 19.8. The molecule has 0 spiro atoms. The molecule has 0 aliphatic carbocycles. The monoisotopic (exact) mass is 404 g/mol. The van der Waals surface area contributed by atoms with Crippen molar-refractivity contribution in [1.29, 1.82) is 0 Å². The minimum atomic E-state index is -1.01. The van der Waals surface area contributed by atoms with Crippen LogP contribution in [-0.2, 0) is 17.9 Å². The van der Waals surface area contributed by atoms with Crippen molar-refractivity contribution < 1.29 is 9.13 Å². The van der Waals surface area contributed by atoms with Crippen molar-refractivity contribution in [2.75, 3.05) is 13.1 Å². The molecule has 1 fully saturated rings. The van der Waals surface area contributed by atoms with Gasteiger partial charge >= 0.3 is 0 Å². The van der Waals surface area contributed by atoms with E-state index >= 15 is 0 Å². The van der Waals surface area contributed by atoms with Gasteiger partial charge < -0.3 is 9.72 Å². The first-order chi connectivity index (χ1) is 14.5. The fourth-order valence-electron chi connectivity index (χ4n) is 4.13. The molecule has 5 rings (SSSR count). The highest BCUT2D eigenvalue weighted by Gasteiger charge is 2.33. The van der Waals surface area contributed by atoms with Crippen molar-refractivity contribution in [3.63, 3.8) is 0 Å². The number of aryl methyl sites for hydroxylation is 2. The van der Waals surface area contributed by atoms with E-state index in [4.69, 9.17) is 4.74 Å². The van der Waals surface area contributed by atoms with E-state index in [-0.39, 0.29) is 6.61 Å². The van der Waals surface area contributed by atoms with Crippen LogP contribution in [0.2, 0.25) is 0 Å². The quantitative estimate of drug-likeness (QED) is 0.533. The molecule has 0 saturated carbocycles. The molecule has 154 valence electrons. The van der Waals surface area contributed by atoms with E-state index in [0.29, 0.717) is 19.6 Å². The number of benzene rings is 2. The molecule has 0 bridgehead atoms. The van der Waals surface area contributed by atoms with Gasteiger partial charge in [0.25, 0.3) is 0 Å². The summed E-state index contributed by atoms with van der Waals surface area (Å²) in [6.45, 7) is 6.04. The van der Waals surface area contributed by atoms with Gasteiger partial charge in [-0.1, -0.05) is 18.2 Å². The molecular weight excluding hydrogens is 379 g/mol. The third-order valence-corrected chi connectivity index (χ3v) is 5.91. The van der Waals surface area contributed by atoms with Gasteiger partial charge in [0.05, 0.1) is 16.6 Å². The number of aromatic nitrogens is 3. The zero-order chi connectivity index (χ0) is 20.7. The maximum atomic E-state index is 14.6. The molecule has 2 atom stereocenters. The van der Waals surface area contributed by atoms with Crippen LogP contribution in [0.3, 0.4) is 0 Å². The lowest BCUT2D eigenvalue weighted by molar-refractivity contribution is 0.00863. The average Bonchev–Trinajstić information content (AvgIpc) is 3.28. The molecule has 0 unspecified atom stereocenters. The van der Waals surface area contributed by atoms with E-state index in [9.17, 15) is 4.39 Å². The lowest BCUT2D eigenvalue weighted by Crippen LogP contribution is -2.24. The lowest BCUT2D eigenvalue weighted by atomic mass is 10.1. The van der Waals surface area contributed by atoms with Crippen molar-refractivity contribution in [2.24, 2.45) is 0 Å². The molecule has 1 N–H and O–H groups in total. The fourth-order valence-corrected chi connectivity index (χ4v) is 4.13. The average molecular weight is 404 g/mol. The molecule has 4 aromatic rings. The zero-order valence-corrected chi connectivity index (χ0v) is 17.2. The number of likely N-dealkylation sites (tertiary alicyclic amines) is 1. The Balaban J connectivity index is 1.22. The maximum absolute atomic E-state index is 14.6. The number of para-hydroxylation sites is 1. The number of H-pyrrole nitrogens is 1. The summed E-state index contributed by atoms with van der Waals surface area (Å²) in [6.07, 6.45) is 0.421. The Labute approximate surface area is 174 Å². The first kappa shape index (κ1) is 19.2. The fraction of sp³-hybridized carbons (Fsp3) is 0.333. The van der Waals surface area contributed by atoms with E-state index in [0.717, 1.165) is 33.3 Å². The number of hydrogen-bond acceptors (Lipinski definition) is 4. The van der Waals surface area contributed by atoms with Crippen LogP contribution >= 0.6 is 0 Å². The molecule has 30 heavy (non-hydrogen) atoms. The zero-order valence-electron chi connectivity index (χ0n) is 17.2. The van der Waals surface area contributed by atoms with Crippen LogP contribution in [0.25, 0.3) is 21.9 Å². The van der Waals surface area contributed by atoms with Gasteiger partial charge in [0.1, 0.15) is 24.7 Å². The molecule has 1 saturated heterocycles. The number of pyridine rings is 1. The highest BCUT2D eigenvalue weighted by molar-refractivity contribution is 5.78. The number of alkyl halides is 1. The Bertz CT molecular complexity index is 1170. The summed E-state index contributed by atoms with van der Waals surface area (Å²) in [6, 6.07) is 14.3. The van der Waals surface area contributed by atoms with E-state index in [1.807, 2.05) is 24.4 Å². The molecule has 2 aromatic carbocycles. The molecule has 1 aliphatic rings. The molecule has 0 amide bonds. The van der Waals surface area contributed by atoms with Crippen molar-refractivity contribution in [3.8, 4) is 0 Å². The van der Waals surface area contributed by atoms with Crippen LogP contribution in [0.4, 0.5) is 4.39 Å². The number of nitrogens with one attached hydrogen (secondary N) is 1. The maximum Gasteiger partial charge on any atom is 0.140 e. The summed E-state index contributed by atoms with van der Waals surface area (Å²) in [5.74, 6) is 0.736. The molecular formula is C24H25FN4O. The first-order valence-corrected chi connectivity index (χ1v) is 10.3. The summed E-state index contributed by atoms with van der Waals surface area (Å²) in [7, 11) is 0. The Morgan fingerprint density at radius 2 is 1.93 bits per heavy atom. The van der Waals surface area contributed by atoms with E-state index in [1.54, 1.807) is 0 Å². The SMILES string of the molecule is Cc1cc2nc(CO[C@H]3CN(Cc4cnc5ccccc5c4)C[C@H]3F)[nH]c2cc1C. The van der Waals surface area contributed by atoms with E-state index in [1.165, 1.54) is 11.1 Å². The molecule has 0 radical (unpaired) electrons. The number of rotatable bonds is 5. The number of ether oxygens (including phenoxy) is 1. The Hall–Kier alpha value is -2.83. The summed E-state index contributed by atoms with van der Waals surface area (Å²) >= 11 is 0. The van der Waals surface area contributed by atoms with Gasteiger partial charge in [-0.25, -0.2) is 9.37 Å². The van der Waals surface area contributed by atoms with Gasteiger partial charge in [0.2, 0.25) is 0 Å². The van der Waals surface area contributed by atoms with Crippen LogP contribution in [0.1, 0.15) is 22.5 Å². The third kappa shape index (κ3) is 3.80. The first-order valence-electron chi connectivity index (χ1n) is 10.3. The second-order valence-corrected chi connectivity index (χ2v) is 8.23. The predicted octanol–water partition coefficient (Wildman–Crippen LogP) is 4.47. The molecule has 6 heteroatoms. The van der Waals surface area contributed by atoms with Gasteiger partial charge in [0, 0.05) is 31.2 Å². The van der Waals surface area contributed by atoms with Crippen LogP contribution in [0.5, 0.6) is 0 Å². The Morgan fingerprint density at radius 1 is 1.10 bits per heavy atom. The van der Waals surface area contributed by atoms with Gasteiger partial charge in [-0.15, -0.1) is 0 Å². The topological polar surface area (TPSA) is 54.0 Å². The predicted molar refractivity (Wildman–Crippen MR) is 116 cm³/mol. The van der Waals surface area contributed by atoms with Gasteiger partial charge in [-0.2, -0.15) is 0 Å². The number of halogens is 1. The van der Waals surface area contributed by atoms with Crippen molar-refractivity contribution in [3.05, 3.63) is 71.2 Å². The number of fused-ring (bicyclic) bond motifs is 2. The molecule has 3 heterocycles. The number of hydrogen-bond donors (Lipinski definition) is 1. The smallest absolute Gasteiger partial charge is 0.140 e. The summed E-state index contributed by atoms with van der Waals surface area (Å²) in [5.41, 5.74) is 6.40. The molecule has 5 nitrogen and oxygen atoms in total. The minimum absolute atomic E-state index is 0.281. The number of imidazole rings is 1. The summed E-state index contributed by atoms with van der Waals surface area (Å²) in [5, 5.41) is 1.11. The van der Waals surface area contributed by atoms with Crippen LogP contribution in [-0.4, -0.2) is 45.2 Å². The van der Waals surface area contributed by atoms with Gasteiger partial charge in [0.15, 0.2) is 0 Å². The minimum Gasteiger partial charge on any atom is -0.366 e. The van der Waals surface area contributed by atoms with Crippen LogP contribution in [0, 0.1) is 13.8 Å². The molecule has 1 aliphatic heterocycles. The van der Waals surface area contributed by atoms with E-state index in [2.05, 4.69) is 58.0 Å². The molecule has 2 aromatic heterocycles. The standard InChI is InChI=1S/C24H25FN4O/c1-15-7-21-22(8-16(15)2)28-24(27-21)14-30-23-13-29(12-19(23)25)11-17-9-18-5-3-4-6-20(18)26-10-17/h3-10,19,23H,11-14H2,1-2H3,(H,27,28)/t19-,23+/m1/s1. The van der Waals surface area contributed by atoms with Gasteiger partial charge in [-0.3, -0.25) is 9.88 Å². The third-order valence-electron chi connectivity index (χ3n) is 5.91. The summed E-state index contributed by atoms with van der Waals surface area (Å²) in [4.78, 5) is 14.5. The number of aromatic amines is 1.